The molecule has 1 aliphatic carbocycles. The van der Waals surface area contributed by atoms with Gasteiger partial charge in [0, 0.05) is 12.5 Å². The van der Waals surface area contributed by atoms with Crippen molar-refractivity contribution in [3.63, 3.8) is 0 Å². The maximum absolute atomic E-state index is 6.07. The van der Waals surface area contributed by atoms with Crippen LogP contribution in [-0.4, -0.2) is 16.6 Å². The molecule has 112 valence electrons. The van der Waals surface area contributed by atoms with Crippen LogP contribution in [0.15, 0.2) is 4.47 Å². The topological polar surface area (TPSA) is 61.0 Å². The summed E-state index contributed by atoms with van der Waals surface area (Å²) in [6, 6.07) is 0. The van der Waals surface area contributed by atoms with Gasteiger partial charge in [-0.15, -0.1) is 0 Å². The van der Waals surface area contributed by atoms with E-state index in [4.69, 9.17) is 15.5 Å². The predicted octanol–water partition coefficient (Wildman–Crippen LogP) is 4.36. The van der Waals surface area contributed by atoms with Gasteiger partial charge in [-0.05, 0) is 42.1 Å². The molecule has 0 bridgehead atoms. The fourth-order valence-electron chi connectivity index (χ4n) is 2.87. The van der Waals surface area contributed by atoms with Crippen molar-refractivity contribution >= 4 is 21.7 Å². The third-order valence-electron chi connectivity index (χ3n) is 3.87. The highest BCUT2D eigenvalue weighted by Crippen LogP contribution is 2.38. The highest BCUT2D eigenvalue weighted by atomic mass is 79.9. The summed E-state index contributed by atoms with van der Waals surface area (Å²) in [6.07, 6.45) is 6.88. The van der Waals surface area contributed by atoms with E-state index in [2.05, 4.69) is 27.8 Å². The van der Waals surface area contributed by atoms with Crippen LogP contribution in [0.1, 0.15) is 75.9 Å². The molecule has 0 amide bonds. The van der Waals surface area contributed by atoms with Crippen molar-refractivity contribution in [2.24, 2.45) is 0 Å². The molecule has 2 N–H and O–H groups in total. The summed E-state index contributed by atoms with van der Waals surface area (Å²) in [7, 11) is 0. The number of hydrogen-bond acceptors (Lipinski definition) is 4. The number of nitrogens with two attached hydrogens (primary N) is 1. The number of aromatic nitrogens is 2. The number of nitrogens with zero attached hydrogens (tertiary/aromatic N) is 2. The summed E-state index contributed by atoms with van der Waals surface area (Å²) in [4.78, 5) is 9.23. The van der Waals surface area contributed by atoms with Crippen LogP contribution in [0.2, 0.25) is 0 Å². The van der Waals surface area contributed by atoms with E-state index >= 15 is 0 Å². The van der Waals surface area contributed by atoms with Crippen LogP contribution in [-0.2, 0) is 4.74 Å². The fraction of sp³-hybridized carbons (Fsp3) is 0.733. The lowest BCUT2D eigenvalue weighted by Gasteiger charge is -2.19. The van der Waals surface area contributed by atoms with Gasteiger partial charge in [0.15, 0.2) is 5.82 Å². The van der Waals surface area contributed by atoms with Crippen LogP contribution >= 0.6 is 15.9 Å². The summed E-state index contributed by atoms with van der Waals surface area (Å²) >= 11 is 3.56. The minimum atomic E-state index is -0.0412. The Labute approximate surface area is 129 Å². The van der Waals surface area contributed by atoms with E-state index in [1.54, 1.807) is 0 Å². The summed E-state index contributed by atoms with van der Waals surface area (Å²) in [5.41, 5.74) is 7.14. The van der Waals surface area contributed by atoms with Crippen LogP contribution in [0.5, 0.6) is 0 Å². The molecular weight excluding hydrogens is 318 g/mol. The molecule has 0 saturated heterocycles. The highest BCUT2D eigenvalue weighted by Gasteiger charge is 2.25. The van der Waals surface area contributed by atoms with Crippen LogP contribution in [0.4, 0.5) is 5.82 Å². The van der Waals surface area contributed by atoms with Crippen LogP contribution in [0.25, 0.3) is 0 Å². The average Bonchev–Trinajstić information content (AvgIpc) is 2.95. The number of nitrogen functional groups attached to an aromatic ring is 1. The van der Waals surface area contributed by atoms with Crippen LogP contribution in [0.3, 0.4) is 0 Å². The lowest BCUT2D eigenvalue weighted by atomic mass is 10.0. The summed E-state index contributed by atoms with van der Waals surface area (Å²) < 4.78 is 6.66. The van der Waals surface area contributed by atoms with E-state index in [-0.39, 0.29) is 6.10 Å². The number of rotatable bonds is 6. The van der Waals surface area contributed by atoms with Crippen molar-refractivity contribution < 1.29 is 4.74 Å². The van der Waals surface area contributed by atoms with Gasteiger partial charge in [0.2, 0.25) is 0 Å². The smallest absolute Gasteiger partial charge is 0.159 e. The van der Waals surface area contributed by atoms with Gasteiger partial charge in [-0.1, -0.05) is 26.2 Å². The normalized spacial score (nSPS) is 17.6. The Kier molecular flexibility index (Phi) is 5.78. The van der Waals surface area contributed by atoms with Gasteiger partial charge in [0.25, 0.3) is 0 Å². The quantitative estimate of drug-likeness (QED) is 0.835. The van der Waals surface area contributed by atoms with Crippen molar-refractivity contribution in [2.45, 2.75) is 64.4 Å². The lowest BCUT2D eigenvalue weighted by Crippen LogP contribution is -2.14. The van der Waals surface area contributed by atoms with Gasteiger partial charge < -0.3 is 10.5 Å². The molecular formula is C15H24BrN3O. The molecule has 5 heteroatoms. The molecule has 1 unspecified atom stereocenters. The highest BCUT2D eigenvalue weighted by molar-refractivity contribution is 9.10. The van der Waals surface area contributed by atoms with E-state index in [0.717, 1.165) is 28.8 Å². The summed E-state index contributed by atoms with van der Waals surface area (Å²) in [5, 5.41) is 0. The number of halogens is 1. The average molecular weight is 342 g/mol. The first kappa shape index (κ1) is 15.7. The van der Waals surface area contributed by atoms with Crippen molar-refractivity contribution in [3.8, 4) is 0 Å². The maximum Gasteiger partial charge on any atom is 0.159 e. The van der Waals surface area contributed by atoms with Gasteiger partial charge in [-0.2, -0.15) is 0 Å². The van der Waals surface area contributed by atoms with Gasteiger partial charge >= 0.3 is 0 Å². The van der Waals surface area contributed by atoms with E-state index in [1.807, 2.05) is 6.92 Å². The molecule has 0 aromatic carbocycles. The number of anilines is 1. The largest absolute Gasteiger partial charge is 0.383 e. The van der Waals surface area contributed by atoms with Crippen molar-refractivity contribution in [2.75, 3.05) is 12.3 Å². The van der Waals surface area contributed by atoms with Gasteiger partial charge in [-0.25, -0.2) is 9.97 Å². The monoisotopic (exact) mass is 341 g/mol. The van der Waals surface area contributed by atoms with E-state index in [1.165, 1.54) is 25.7 Å². The zero-order chi connectivity index (χ0) is 14.5. The first-order chi connectivity index (χ1) is 9.67. The molecule has 2 rings (SSSR count). The van der Waals surface area contributed by atoms with Gasteiger partial charge in [0.1, 0.15) is 11.9 Å². The third kappa shape index (κ3) is 3.50. The zero-order valence-electron chi connectivity index (χ0n) is 12.4. The fourth-order valence-corrected chi connectivity index (χ4v) is 3.37. The first-order valence-electron chi connectivity index (χ1n) is 7.61. The number of hydrogen-bond donors (Lipinski definition) is 1. The molecule has 20 heavy (non-hydrogen) atoms. The molecule has 1 fully saturated rings. The molecule has 1 heterocycles. The van der Waals surface area contributed by atoms with Gasteiger partial charge in [-0.3, -0.25) is 0 Å². The Hall–Kier alpha value is -0.680. The van der Waals surface area contributed by atoms with Crippen LogP contribution in [0, 0.1) is 0 Å². The standard InChI is InChI=1S/C15H24BrN3O/c1-3-7-11(20-4-2)15-18-13(10-8-5-6-9-10)12(16)14(17)19-15/h10-11H,3-9H2,1-2H3,(H2,17,18,19). The first-order valence-corrected chi connectivity index (χ1v) is 8.41. The molecule has 1 aromatic rings. The van der Waals surface area contributed by atoms with E-state index in [9.17, 15) is 0 Å². The van der Waals surface area contributed by atoms with E-state index in [0.29, 0.717) is 18.3 Å². The minimum absolute atomic E-state index is 0.0412. The Morgan fingerprint density at radius 1 is 1.30 bits per heavy atom. The van der Waals surface area contributed by atoms with Crippen molar-refractivity contribution in [1.29, 1.82) is 0 Å². The summed E-state index contributed by atoms with van der Waals surface area (Å²) in [6.45, 7) is 4.82. The third-order valence-corrected chi connectivity index (χ3v) is 4.68. The second-order valence-corrected chi connectivity index (χ2v) is 6.17. The maximum atomic E-state index is 6.07. The molecule has 1 aliphatic rings. The Balaban J connectivity index is 2.33. The molecule has 4 nitrogen and oxygen atoms in total. The lowest BCUT2D eigenvalue weighted by molar-refractivity contribution is 0.0492. The molecule has 1 atom stereocenters. The van der Waals surface area contributed by atoms with E-state index < -0.39 is 0 Å². The Morgan fingerprint density at radius 3 is 2.60 bits per heavy atom. The van der Waals surface area contributed by atoms with Gasteiger partial charge in [0.05, 0.1) is 10.2 Å². The predicted molar refractivity (Wildman–Crippen MR) is 84.6 cm³/mol. The Bertz CT molecular complexity index is 441. The van der Waals surface area contributed by atoms with Crippen molar-refractivity contribution in [3.05, 3.63) is 16.0 Å². The molecule has 0 aliphatic heterocycles. The Morgan fingerprint density at radius 2 is 2.00 bits per heavy atom. The molecule has 0 spiro atoms. The molecule has 1 saturated carbocycles. The second kappa shape index (κ2) is 7.36. The van der Waals surface area contributed by atoms with Crippen molar-refractivity contribution in [1.82, 2.24) is 9.97 Å². The number of ether oxygens (including phenoxy) is 1. The zero-order valence-corrected chi connectivity index (χ0v) is 13.9. The minimum Gasteiger partial charge on any atom is -0.383 e. The summed E-state index contributed by atoms with van der Waals surface area (Å²) in [5.74, 6) is 1.80. The second-order valence-electron chi connectivity index (χ2n) is 5.38. The SMILES string of the molecule is CCCC(OCC)c1nc(N)c(Br)c(C2CCCC2)n1. The molecule has 0 radical (unpaired) electrons. The van der Waals surface area contributed by atoms with Crippen LogP contribution < -0.4 is 5.73 Å². The molecule has 1 aromatic heterocycles.